The maximum atomic E-state index is 2.40. The number of hydrogen-bond donors (Lipinski definition) is 0. The minimum atomic E-state index is 1.01. The standard InChI is InChI=1S/C10H16/c1-3-8-4-5-9-7(2)6-10(8)9/h3,7,9-10H,4-6H2,1-2H3/b8-3-. The van der Waals surface area contributed by atoms with Crippen molar-refractivity contribution >= 4 is 0 Å². The number of allylic oxidation sites excluding steroid dienone is 2. The van der Waals surface area contributed by atoms with Crippen molar-refractivity contribution in [1.29, 1.82) is 0 Å². The molecule has 0 aromatic carbocycles. The Morgan fingerprint density at radius 2 is 2.30 bits per heavy atom. The van der Waals surface area contributed by atoms with Crippen LogP contribution in [-0.2, 0) is 0 Å². The summed E-state index contributed by atoms with van der Waals surface area (Å²) in [6, 6.07) is 0. The molecule has 0 N–H and O–H groups in total. The molecule has 0 aromatic rings. The molecule has 0 bridgehead atoms. The van der Waals surface area contributed by atoms with Gasteiger partial charge < -0.3 is 0 Å². The molecule has 2 aliphatic carbocycles. The van der Waals surface area contributed by atoms with Gasteiger partial charge in [-0.15, -0.1) is 0 Å². The molecule has 56 valence electrons. The van der Waals surface area contributed by atoms with Crippen LogP contribution in [-0.4, -0.2) is 0 Å². The summed E-state index contributed by atoms with van der Waals surface area (Å²) < 4.78 is 0. The largest absolute Gasteiger partial charge is 0.0882 e. The lowest BCUT2D eigenvalue weighted by atomic mass is 9.67. The molecule has 0 nitrogen and oxygen atoms in total. The zero-order valence-corrected chi connectivity index (χ0v) is 6.93. The first-order chi connectivity index (χ1) is 4.83. The highest BCUT2D eigenvalue weighted by Crippen LogP contribution is 2.53. The molecular formula is C10H16. The summed E-state index contributed by atoms with van der Waals surface area (Å²) in [4.78, 5) is 0. The second-order valence-electron chi connectivity index (χ2n) is 3.89. The van der Waals surface area contributed by atoms with Gasteiger partial charge in [-0.1, -0.05) is 18.6 Å². The van der Waals surface area contributed by atoms with E-state index in [0.717, 1.165) is 17.8 Å². The first-order valence-corrected chi connectivity index (χ1v) is 4.48. The lowest BCUT2D eigenvalue weighted by Crippen LogP contribution is -2.30. The smallest absolute Gasteiger partial charge is 0.0170 e. The van der Waals surface area contributed by atoms with Crippen molar-refractivity contribution in [2.75, 3.05) is 0 Å². The number of fused-ring (bicyclic) bond motifs is 1. The second kappa shape index (κ2) is 2.11. The fourth-order valence-electron chi connectivity index (χ4n) is 2.74. The molecule has 0 aliphatic heterocycles. The van der Waals surface area contributed by atoms with Crippen LogP contribution in [0.1, 0.15) is 33.1 Å². The molecule has 0 heterocycles. The molecule has 0 radical (unpaired) electrons. The van der Waals surface area contributed by atoms with Gasteiger partial charge in [0.15, 0.2) is 0 Å². The van der Waals surface area contributed by atoms with E-state index in [9.17, 15) is 0 Å². The van der Waals surface area contributed by atoms with Crippen molar-refractivity contribution in [3.8, 4) is 0 Å². The SMILES string of the molecule is C/C=C1/CCC2C(C)CC12. The van der Waals surface area contributed by atoms with Crippen molar-refractivity contribution in [2.24, 2.45) is 17.8 Å². The summed E-state index contributed by atoms with van der Waals surface area (Å²) in [5.41, 5.74) is 1.75. The number of hydrogen-bond acceptors (Lipinski definition) is 0. The Kier molecular flexibility index (Phi) is 1.36. The lowest BCUT2D eigenvalue weighted by Gasteiger charge is -2.38. The summed E-state index contributed by atoms with van der Waals surface area (Å²) in [5.74, 6) is 3.12. The Hall–Kier alpha value is -0.260. The summed E-state index contributed by atoms with van der Waals surface area (Å²) in [5, 5.41) is 0. The Morgan fingerprint density at radius 3 is 2.80 bits per heavy atom. The fourth-order valence-corrected chi connectivity index (χ4v) is 2.74. The van der Waals surface area contributed by atoms with Crippen LogP contribution in [0, 0.1) is 17.8 Å². The van der Waals surface area contributed by atoms with Gasteiger partial charge in [0.2, 0.25) is 0 Å². The third-order valence-corrected chi connectivity index (χ3v) is 3.49. The van der Waals surface area contributed by atoms with Crippen molar-refractivity contribution in [1.82, 2.24) is 0 Å². The highest BCUT2D eigenvalue weighted by atomic mass is 14.5. The van der Waals surface area contributed by atoms with E-state index in [-0.39, 0.29) is 0 Å². The highest BCUT2D eigenvalue weighted by Gasteiger charge is 2.43. The molecule has 0 aromatic heterocycles. The maximum Gasteiger partial charge on any atom is -0.0170 e. The van der Waals surface area contributed by atoms with Crippen LogP contribution in [0.3, 0.4) is 0 Å². The minimum Gasteiger partial charge on any atom is -0.0882 e. The van der Waals surface area contributed by atoms with Crippen LogP contribution < -0.4 is 0 Å². The second-order valence-corrected chi connectivity index (χ2v) is 3.89. The molecule has 3 atom stereocenters. The molecule has 0 saturated heterocycles. The Balaban J connectivity index is 2.11. The van der Waals surface area contributed by atoms with Crippen LogP contribution in [0.4, 0.5) is 0 Å². The maximum absolute atomic E-state index is 2.40. The molecule has 2 fully saturated rings. The van der Waals surface area contributed by atoms with Gasteiger partial charge in [0.25, 0.3) is 0 Å². The zero-order chi connectivity index (χ0) is 7.14. The lowest BCUT2D eigenvalue weighted by molar-refractivity contribution is 0.141. The van der Waals surface area contributed by atoms with Gasteiger partial charge >= 0.3 is 0 Å². The average Bonchev–Trinajstić information content (AvgIpc) is 2.25. The average molecular weight is 136 g/mol. The van der Waals surface area contributed by atoms with Crippen LogP contribution in [0.2, 0.25) is 0 Å². The predicted molar refractivity (Wildman–Crippen MR) is 43.8 cm³/mol. The predicted octanol–water partition coefficient (Wildman–Crippen LogP) is 3.00. The van der Waals surface area contributed by atoms with Crippen LogP contribution >= 0.6 is 0 Å². The number of rotatable bonds is 0. The monoisotopic (exact) mass is 136 g/mol. The summed E-state index contributed by atoms with van der Waals surface area (Å²) in [6.45, 7) is 4.60. The molecule has 2 saturated carbocycles. The first kappa shape index (κ1) is 6.45. The third-order valence-electron chi connectivity index (χ3n) is 3.49. The van der Waals surface area contributed by atoms with Gasteiger partial charge in [-0.2, -0.15) is 0 Å². The van der Waals surface area contributed by atoms with Gasteiger partial charge in [0, 0.05) is 0 Å². The van der Waals surface area contributed by atoms with Crippen molar-refractivity contribution < 1.29 is 0 Å². The van der Waals surface area contributed by atoms with Gasteiger partial charge in [-0.3, -0.25) is 0 Å². The normalized spacial score (nSPS) is 49.0. The van der Waals surface area contributed by atoms with Crippen molar-refractivity contribution in [2.45, 2.75) is 33.1 Å². The van der Waals surface area contributed by atoms with E-state index in [1.807, 2.05) is 0 Å². The summed E-state index contributed by atoms with van der Waals surface area (Å²) >= 11 is 0. The topological polar surface area (TPSA) is 0 Å². The van der Waals surface area contributed by atoms with Crippen LogP contribution in [0.25, 0.3) is 0 Å². The molecular weight excluding hydrogens is 120 g/mol. The molecule has 2 aliphatic rings. The van der Waals surface area contributed by atoms with E-state index in [0.29, 0.717) is 0 Å². The van der Waals surface area contributed by atoms with Gasteiger partial charge in [0.1, 0.15) is 0 Å². The molecule has 10 heavy (non-hydrogen) atoms. The molecule has 0 heteroatoms. The Morgan fingerprint density at radius 1 is 1.50 bits per heavy atom. The Bertz CT molecular complexity index is 167. The quantitative estimate of drug-likeness (QED) is 0.449. The summed E-state index contributed by atoms with van der Waals surface area (Å²) in [7, 11) is 0. The first-order valence-electron chi connectivity index (χ1n) is 4.48. The molecule has 0 spiro atoms. The fraction of sp³-hybridized carbons (Fsp3) is 0.800. The van der Waals surface area contributed by atoms with Crippen molar-refractivity contribution in [3.63, 3.8) is 0 Å². The van der Waals surface area contributed by atoms with E-state index in [2.05, 4.69) is 19.9 Å². The van der Waals surface area contributed by atoms with E-state index >= 15 is 0 Å². The van der Waals surface area contributed by atoms with E-state index in [4.69, 9.17) is 0 Å². The Labute approximate surface area is 63.3 Å². The van der Waals surface area contributed by atoms with Crippen LogP contribution in [0.5, 0.6) is 0 Å². The van der Waals surface area contributed by atoms with Crippen molar-refractivity contribution in [3.05, 3.63) is 11.6 Å². The molecule has 3 unspecified atom stereocenters. The van der Waals surface area contributed by atoms with Crippen LogP contribution in [0.15, 0.2) is 11.6 Å². The van der Waals surface area contributed by atoms with E-state index < -0.39 is 0 Å². The zero-order valence-electron chi connectivity index (χ0n) is 6.93. The van der Waals surface area contributed by atoms with Gasteiger partial charge in [-0.25, -0.2) is 0 Å². The molecule has 2 rings (SSSR count). The van der Waals surface area contributed by atoms with E-state index in [1.165, 1.54) is 19.3 Å². The van der Waals surface area contributed by atoms with Gasteiger partial charge in [0.05, 0.1) is 0 Å². The highest BCUT2D eigenvalue weighted by molar-refractivity contribution is 5.17. The van der Waals surface area contributed by atoms with Gasteiger partial charge in [-0.05, 0) is 43.9 Å². The molecule has 0 amide bonds. The minimum absolute atomic E-state index is 1.01. The van der Waals surface area contributed by atoms with E-state index in [1.54, 1.807) is 5.57 Å². The summed E-state index contributed by atoms with van der Waals surface area (Å²) in [6.07, 6.45) is 6.70. The third kappa shape index (κ3) is 0.680.